The van der Waals surface area contributed by atoms with E-state index in [4.69, 9.17) is 0 Å². The molecule has 0 aromatic heterocycles. The molecule has 0 saturated carbocycles. The van der Waals surface area contributed by atoms with Gasteiger partial charge in [-0.2, -0.15) is 17.0 Å². The van der Waals surface area contributed by atoms with Crippen LogP contribution in [0.5, 0.6) is 0 Å². The number of hydrogen-bond acceptors (Lipinski definition) is 3. The van der Waals surface area contributed by atoms with Gasteiger partial charge in [0.15, 0.2) is 0 Å². The van der Waals surface area contributed by atoms with Crippen LogP contribution in [-0.2, 0) is 10.2 Å². The highest BCUT2D eigenvalue weighted by atomic mass is 32.2. The first-order valence-corrected chi connectivity index (χ1v) is 9.79. The molecule has 0 radical (unpaired) electrons. The van der Waals surface area contributed by atoms with Crippen molar-refractivity contribution in [1.29, 1.82) is 0 Å². The summed E-state index contributed by atoms with van der Waals surface area (Å²) in [5, 5.41) is 3.37. The first-order chi connectivity index (χ1) is 9.93. The van der Waals surface area contributed by atoms with Crippen LogP contribution < -0.4 is 5.32 Å². The minimum absolute atomic E-state index is 0.467. The Morgan fingerprint density at radius 3 is 2.14 bits per heavy atom. The summed E-state index contributed by atoms with van der Waals surface area (Å²) in [4.78, 5) is 0. The fourth-order valence-corrected chi connectivity index (χ4v) is 5.53. The molecule has 2 aliphatic rings. The number of rotatable bonds is 5. The van der Waals surface area contributed by atoms with Crippen molar-refractivity contribution < 1.29 is 8.42 Å². The molecule has 1 N–H and O–H groups in total. The maximum atomic E-state index is 12.8. The fraction of sp³-hybridized carbons (Fsp3) is 1.00. The summed E-state index contributed by atoms with van der Waals surface area (Å²) in [5.74, 6) is 1.56. The van der Waals surface area contributed by atoms with Crippen molar-refractivity contribution in [3.63, 3.8) is 0 Å². The van der Waals surface area contributed by atoms with Crippen LogP contribution in [0.25, 0.3) is 0 Å². The molecule has 21 heavy (non-hydrogen) atoms. The first-order valence-electron chi connectivity index (χ1n) is 8.39. The van der Waals surface area contributed by atoms with Gasteiger partial charge in [-0.1, -0.05) is 20.8 Å². The molecule has 2 saturated heterocycles. The quantitative estimate of drug-likeness (QED) is 0.837. The average Bonchev–Trinajstić information content (AvgIpc) is 2.44. The Morgan fingerprint density at radius 2 is 1.62 bits per heavy atom. The monoisotopic (exact) mass is 317 g/mol. The van der Waals surface area contributed by atoms with Crippen LogP contribution in [0.4, 0.5) is 0 Å². The second-order valence-electron chi connectivity index (χ2n) is 6.92. The molecule has 5 nitrogen and oxygen atoms in total. The average molecular weight is 317 g/mol. The normalized spacial score (nSPS) is 30.6. The van der Waals surface area contributed by atoms with Gasteiger partial charge in [-0.3, -0.25) is 0 Å². The molecular formula is C15H31N3O2S. The van der Waals surface area contributed by atoms with Crippen LogP contribution in [0.1, 0.15) is 40.0 Å². The molecule has 2 unspecified atom stereocenters. The van der Waals surface area contributed by atoms with Gasteiger partial charge in [-0.25, -0.2) is 0 Å². The van der Waals surface area contributed by atoms with Crippen molar-refractivity contribution >= 4 is 10.2 Å². The van der Waals surface area contributed by atoms with E-state index in [0.29, 0.717) is 43.9 Å². The van der Waals surface area contributed by atoms with Gasteiger partial charge in [-0.05, 0) is 50.1 Å². The van der Waals surface area contributed by atoms with E-state index in [-0.39, 0.29) is 0 Å². The molecule has 2 aliphatic heterocycles. The van der Waals surface area contributed by atoms with Crippen LogP contribution in [0.2, 0.25) is 0 Å². The Morgan fingerprint density at radius 1 is 1.05 bits per heavy atom. The van der Waals surface area contributed by atoms with E-state index in [1.807, 2.05) is 0 Å². The molecule has 2 rings (SSSR count). The number of piperidine rings is 2. The van der Waals surface area contributed by atoms with Crippen LogP contribution >= 0.6 is 0 Å². The van der Waals surface area contributed by atoms with E-state index >= 15 is 0 Å². The lowest BCUT2D eigenvalue weighted by atomic mass is 9.94. The molecular weight excluding hydrogens is 286 g/mol. The summed E-state index contributed by atoms with van der Waals surface area (Å²) in [6, 6.07) is 0. The molecule has 0 aromatic rings. The zero-order valence-corrected chi connectivity index (χ0v) is 14.5. The SMILES string of the molecule is CCNCC1CCN(S(=O)(=O)N2CC(C)CC(C)C2)CC1. The lowest BCUT2D eigenvalue weighted by Gasteiger charge is -2.39. The highest BCUT2D eigenvalue weighted by Gasteiger charge is 2.36. The summed E-state index contributed by atoms with van der Waals surface area (Å²) in [5.41, 5.74) is 0. The molecule has 0 spiro atoms. The third-order valence-electron chi connectivity index (χ3n) is 4.74. The largest absolute Gasteiger partial charge is 0.317 e. The highest BCUT2D eigenvalue weighted by molar-refractivity contribution is 7.86. The maximum Gasteiger partial charge on any atom is 0.281 e. The fourth-order valence-electron chi connectivity index (χ4n) is 3.65. The third kappa shape index (κ3) is 4.41. The minimum atomic E-state index is -3.25. The van der Waals surface area contributed by atoms with Crippen molar-refractivity contribution in [2.45, 2.75) is 40.0 Å². The van der Waals surface area contributed by atoms with Gasteiger partial charge in [0.1, 0.15) is 0 Å². The summed E-state index contributed by atoms with van der Waals surface area (Å²) < 4.78 is 29.0. The predicted octanol–water partition coefficient (Wildman–Crippen LogP) is 1.53. The van der Waals surface area contributed by atoms with Crippen molar-refractivity contribution in [2.75, 3.05) is 39.3 Å². The topological polar surface area (TPSA) is 52.7 Å². The Balaban J connectivity index is 1.92. The Bertz CT molecular complexity index is 409. The predicted molar refractivity (Wildman–Crippen MR) is 86.3 cm³/mol. The second kappa shape index (κ2) is 7.40. The smallest absolute Gasteiger partial charge is 0.281 e. The summed E-state index contributed by atoms with van der Waals surface area (Å²) in [7, 11) is -3.25. The Labute approximate surface area is 130 Å². The minimum Gasteiger partial charge on any atom is -0.317 e. The number of nitrogens with zero attached hydrogens (tertiary/aromatic N) is 2. The van der Waals surface area contributed by atoms with Crippen molar-refractivity contribution in [3.8, 4) is 0 Å². The molecule has 0 aliphatic carbocycles. The molecule has 0 aromatic carbocycles. The van der Waals surface area contributed by atoms with Gasteiger partial charge >= 0.3 is 0 Å². The summed E-state index contributed by atoms with van der Waals surface area (Å²) >= 11 is 0. The van der Waals surface area contributed by atoms with E-state index in [9.17, 15) is 8.42 Å². The molecule has 2 fully saturated rings. The molecule has 6 heteroatoms. The molecule has 124 valence electrons. The number of hydrogen-bond donors (Lipinski definition) is 1. The highest BCUT2D eigenvalue weighted by Crippen LogP contribution is 2.27. The molecule has 2 heterocycles. The van der Waals surface area contributed by atoms with Gasteiger partial charge in [0, 0.05) is 26.2 Å². The summed E-state index contributed by atoms with van der Waals surface area (Å²) in [6.45, 7) is 11.1. The number of nitrogens with one attached hydrogen (secondary N) is 1. The van der Waals surface area contributed by atoms with Crippen LogP contribution in [0, 0.1) is 17.8 Å². The standard InChI is InChI=1S/C15H31N3O2S/c1-4-16-10-15-5-7-17(8-6-15)21(19,20)18-11-13(2)9-14(3)12-18/h13-16H,4-12H2,1-3H3. The van der Waals surface area contributed by atoms with Gasteiger partial charge in [0.25, 0.3) is 10.2 Å². The van der Waals surface area contributed by atoms with Crippen LogP contribution in [0.3, 0.4) is 0 Å². The molecule has 0 amide bonds. The van der Waals surface area contributed by atoms with Crippen molar-refractivity contribution in [3.05, 3.63) is 0 Å². The van der Waals surface area contributed by atoms with Crippen LogP contribution in [-0.4, -0.2) is 56.3 Å². The van der Waals surface area contributed by atoms with E-state index < -0.39 is 10.2 Å². The van der Waals surface area contributed by atoms with E-state index in [2.05, 4.69) is 26.1 Å². The lowest BCUT2D eigenvalue weighted by molar-refractivity contribution is 0.195. The molecule has 0 bridgehead atoms. The van der Waals surface area contributed by atoms with E-state index in [0.717, 1.165) is 32.4 Å². The van der Waals surface area contributed by atoms with Crippen molar-refractivity contribution in [2.24, 2.45) is 17.8 Å². The van der Waals surface area contributed by atoms with E-state index in [1.165, 1.54) is 0 Å². The summed E-state index contributed by atoms with van der Waals surface area (Å²) in [6.07, 6.45) is 3.09. The second-order valence-corrected chi connectivity index (χ2v) is 8.85. The van der Waals surface area contributed by atoms with Crippen molar-refractivity contribution in [1.82, 2.24) is 13.9 Å². The Hall–Kier alpha value is -0.170. The zero-order valence-electron chi connectivity index (χ0n) is 13.7. The first kappa shape index (κ1) is 17.2. The zero-order chi connectivity index (χ0) is 15.5. The van der Waals surface area contributed by atoms with Crippen LogP contribution in [0.15, 0.2) is 0 Å². The van der Waals surface area contributed by atoms with Gasteiger partial charge in [0.2, 0.25) is 0 Å². The maximum absolute atomic E-state index is 12.8. The lowest BCUT2D eigenvalue weighted by Crippen LogP contribution is -2.51. The third-order valence-corrected chi connectivity index (χ3v) is 6.71. The molecule has 2 atom stereocenters. The Kier molecular flexibility index (Phi) is 6.05. The van der Waals surface area contributed by atoms with E-state index in [1.54, 1.807) is 8.61 Å². The van der Waals surface area contributed by atoms with Gasteiger partial charge in [-0.15, -0.1) is 0 Å². The van der Waals surface area contributed by atoms with Gasteiger partial charge in [0.05, 0.1) is 0 Å². The van der Waals surface area contributed by atoms with Gasteiger partial charge < -0.3 is 5.32 Å².